The molecule has 0 amide bonds. The third kappa shape index (κ3) is 6.42. The van der Waals surface area contributed by atoms with Crippen molar-refractivity contribution in [2.75, 3.05) is 18.1 Å². The fourth-order valence-electron chi connectivity index (χ4n) is 2.70. The van der Waals surface area contributed by atoms with E-state index in [0.29, 0.717) is 11.4 Å². The SMILES string of the molecule is C=CCSC(=S)N1CC(CC)(CC)CSC1=Nc1ccc(OC(F)(F)F)cc1. The van der Waals surface area contributed by atoms with Crippen molar-refractivity contribution in [1.29, 1.82) is 0 Å². The molecule has 0 unspecified atom stereocenters. The highest BCUT2D eigenvalue weighted by molar-refractivity contribution is 8.23. The first-order valence-electron chi connectivity index (χ1n) is 8.84. The zero-order chi connectivity index (χ0) is 20.8. The predicted molar refractivity (Wildman–Crippen MR) is 118 cm³/mol. The summed E-state index contributed by atoms with van der Waals surface area (Å²) in [5.41, 5.74) is 0.714. The van der Waals surface area contributed by atoms with Crippen LogP contribution in [0, 0.1) is 5.41 Å². The van der Waals surface area contributed by atoms with E-state index in [4.69, 9.17) is 12.2 Å². The summed E-state index contributed by atoms with van der Waals surface area (Å²) in [4.78, 5) is 6.69. The van der Waals surface area contributed by atoms with E-state index in [-0.39, 0.29) is 11.2 Å². The number of halogens is 3. The average molecular weight is 449 g/mol. The van der Waals surface area contributed by atoms with Crippen molar-refractivity contribution in [3.8, 4) is 5.75 Å². The van der Waals surface area contributed by atoms with Gasteiger partial charge in [-0.1, -0.05) is 55.7 Å². The Morgan fingerprint density at radius 3 is 2.54 bits per heavy atom. The average Bonchev–Trinajstić information content (AvgIpc) is 2.67. The first kappa shape index (κ1) is 23.1. The largest absolute Gasteiger partial charge is 0.573 e. The van der Waals surface area contributed by atoms with Gasteiger partial charge in [0.25, 0.3) is 0 Å². The molecule has 1 saturated heterocycles. The standard InChI is InChI=1S/C19H23F3N2OS3/c1-4-11-27-17(26)24-12-18(5-2,6-3)13-28-16(24)23-14-7-9-15(10-8-14)25-19(20,21)22/h4,7-10H,1,5-6,11-13H2,2-3H3. The quantitative estimate of drug-likeness (QED) is 0.359. The molecule has 1 aromatic carbocycles. The Kier molecular flexibility index (Phi) is 8.27. The lowest BCUT2D eigenvalue weighted by Gasteiger charge is -2.42. The molecule has 0 bridgehead atoms. The van der Waals surface area contributed by atoms with Crippen LogP contribution in [-0.2, 0) is 0 Å². The molecule has 0 spiro atoms. The summed E-state index contributed by atoms with van der Waals surface area (Å²) in [6, 6.07) is 5.54. The Hall–Kier alpha value is -1.19. The van der Waals surface area contributed by atoms with E-state index < -0.39 is 6.36 Å². The Morgan fingerprint density at radius 1 is 1.36 bits per heavy atom. The first-order chi connectivity index (χ1) is 13.2. The van der Waals surface area contributed by atoms with Crippen molar-refractivity contribution < 1.29 is 17.9 Å². The zero-order valence-electron chi connectivity index (χ0n) is 15.8. The number of rotatable bonds is 6. The second-order valence-electron chi connectivity index (χ2n) is 6.38. The fraction of sp³-hybridized carbons (Fsp3) is 0.474. The zero-order valence-corrected chi connectivity index (χ0v) is 18.2. The minimum absolute atomic E-state index is 0.160. The molecule has 154 valence electrons. The van der Waals surface area contributed by atoms with Crippen LogP contribution >= 0.6 is 35.7 Å². The lowest BCUT2D eigenvalue weighted by molar-refractivity contribution is -0.274. The number of thiocarbonyl (C=S) groups is 1. The Balaban J connectivity index is 2.24. The Bertz CT molecular complexity index is 716. The van der Waals surface area contributed by atoms with E-state index >= 15 is 0 Å². The van der Waals surface area contributed by atoms with Crippen LogP contribution in [-0.4, -0.2) is 38.8 Å². The predicted octanol–water partition coefficient (Wildman–Crippen LogP) is 6.63. The highest BCUT2D eigenvalue weighted by Crippen LogP contribution is 2.39. The maximum absolute atomic E-state index is 12.3. The van der Waals surface area contributed by atoms with E-state index in [2.05, 4.69) is 30.2 Å². The van der Waals surface area contributed by atoms with E-state index in [0.717, 1.165) is 34.6 Å². The molecule has 2 rings (SSSR count). The van der Waals surface area contributed by atoms with Gasteiger partial charge >= 0.3 is 6.36 Å². The molecule has 3 nitrogen and oxygen atoms in total. The number of hydrogen-bond donors (Lipinski definition) is 0. The maximum Gasteiger partial charge on any atom is 0.573 e. The second kappa shape index (κ2) is 10.0. The number of alkyl halides is 3. The molecule has 1 heterocycles. The molecule has 0 radical (unpaired) electrons. The Labute approximate surface area is 177 Å². The molecule has 0 aromatic heterocycles. The monoisotopic (exact) mass is 448 g/mol. The highest BCUT2D eigenvalue weighted by atomic mass is 32.2. The van der Waals surface area contributed by atoms with Crippen molar-refractivity contribution in [2.45, 2.75) is 33.1 Å². The number of amidine groups is 1. The van der Waals surface area contributed by atoms with Gasteiger partial charge in [-0.15, -0.1) is 19.8 Å². The number of hydrogen-bond acceptors (Lipinski definition) is 5. The Morgan fingerprint density at radius 2 is 2.00 bits per heavy atom. The van der Waals surface area contributed by atoms with Crippen LogP contribution in [0.15, 0.2) is 41.9 Å². The summed E-state index contributed by atoms with van der Waals surface area (Å²) in [5.74, 6) is 1.37. The van der Waals surface area contributed by atoms with Gasteiger partial charge in [0.2, 0.25) is 0 Å². The van der Waals surface area contributed by atoms with Crippen LogP contribution in [0.5, 0.6) is 5.75 Å². The van der Waals surface area contributed by atoms with Crippen molar-refractivity contribution in [3.63, 3.8) is 0 Å². The molecular weight excluding hydrogens is 425 g/mol. The van der Waals surface area contributed by atoms with E-state index in [1.165, 1.54) is 36.0 Å². The minimum atomic E-state index is -4.71. The molecule has 28 heavy (non-hydrogen) atoms. The smallest absolute Gasteiger partial charge is 0.406 e. The van der Waals surface area contributed by atoms with E-state index in [1.54, 1.807) is 17.8 Å². The molecule has 1 aromatic rings. The normalized spacial score (nSPS) is 18.2. The van der Waals surface area contributed by atoms with Crippen molar-refractivity contribution in [2.24, 2.45) is 10.4 Å². The number of aliphatic imine (C=N–C) groups is 1. The molecular formula is C19H23F3N2OS3. The van der Waals surface area contributed by atoms with Crippen molar-refractivity contribution >= 4 is 50.9 Å². The van der Waals surface area contributed by atoms with Crippen molar-refractivity contribution in [3.05, 3.63) is 36.9 Å². The van der Waals surface area contributed by atoms with Crippen LogP contribution in [0.1, 0.15) is 26.7 Å². The number of nitrogens with zero attached hydrogens (tertiary/aromatic N) is 2. The summed E-state index contributed by atoms with van der Waals surface area (Å²) in [5, 5.41) is 0.767. The molecule has 1 aliphatic rings. The van der Waals surface area contributed by atoms with Gasteiger partial charge in [0, 0.05) is 18.1 Å². The van der Waals surface area contributed by atoms with Crippen LogP contribution in [0.2, 0.25) is 0 Å². The summed E-state index contributed by atoms with van der Waals surface area (Å²) in [7, 11) is 0. The second-order valence-corrected chi connectivity index (χ2v) is 8.98. The highest BCUT2D eigenvalue weighted by Gasteiger charge is 2.37. The van der Waals surface area contributed by atoms with Crippen molar-refractivity contribution in [1.82, 2.24) is 4.90 Å². The number of ether oxygens (including phenoxy) is 1. The van der Waals surface area contributed by atoms with Gasteiger partial charge in [0.15, 0.2) is 5.17 Å². The third-order valence-corrected chi connectivity index (χ3v) is 7.34. The van der Waals surface area contributed by atoms with Gasteiger partial charge in [0.05, 0.1) is 5.69 Å². The van der Waals surface area contributed by atoms with Crippen LogP contribution in [0.25, 0.3) is 0 Å². The molecule has 0 aliphatic carbocycles. The third-order valence-electron chi connectivity index (χ3n) is 4.57. The number of thioether (sulfide) groups is 2. The van der Waals surface area contributed by atoms with Gasteiger partial charge in [-0.2, -0.15) is 0 Å². The lowest BCUT2D eigenvalue weighted by Crippen LogP contribution is -2.47. The molecule has 1 aliphatic heterocycles. The summed E-state index contributed by atoms with van der Waals surface area (Å²) >= 11 is 8.78. The number of benzene rings is 1. The fourth-order valence-corrected chi connectivity index (χ4v) is 5.15. The molecule has 1 fully saturated rings. The minimum Gasteiger partial charge on any atom is -0.406 e. The van der Waals surface area contributed by atoms with Gasteiger partial charge in [-0.3, -0.25) is 0 Å². The summed E-state index contributed by atoms with van der Waals surface area (Å²) in [6.45, 7) is 8.88. The molecule has 9 heteroatoms. The van der Waals surface area contributed by atoms with Crippen LogP contribution in [0.4, 0.5) is 18.9 Å². The summed E-state index contributed by atoms with van der Waals surface area (Å²) < 4.78 is 41.6. The van der Waals surface area contributed by atoms with Gasteiger partial charge in [0.1, 0.15) is 10.1 Å². The van der Waals surface area contributed by atoms with E-state index in [9.17, 15) is 13.2 Å². The maximum atomic E-state index is 12.3. The van der Waals surface area contributed by atoms with Gasteiger partial charge in [-0.25, -0.2) is 4.99 Å². The van der Waals surface area contributed by atoms with Crippen LogP contribution in [0.3, 0.4) is 0 Å². The molecule has 0 N–H and O–H groups in total. The first-order valence-corrected chi connectivity index (χ1v) is 11.2. The summed E-state index contributed by atoms with van der Waals surface area (Å²) in [6.07, 6.45) is -0.824. The van der Waals surface area contributed by atoms with Crippen LogP contribution < -0.4 is 4.74 Å². The lowest BCUT2D eigenvalue weighted by atomic mass is 9.84. The van der Waals surface area contributed by atoms with E-state index in [1.807, 2.05) is 4.90 Å². The molecule has 0 atom stereocenters. The topological polar surface area (TPSA) is 24.8 Å². The van der Waals surface area contributed by atoms with Gasteiger partial charge in [-0.05, 0) is 42.5 Å². The van der Waals surface area contributed by atoms with Gasteiger partial charge < -0.3 is 9.64 Å². The molecule has 0 saturated carbocycles.